The summed E-state index contributed by atoms with van der Waals surface area (Å²) in [6.07, 6.45) is 0. The second kappa shape index (κ2) is 7.76. The van der Waals surface area contributed by atoms with Gasteiger partial charge in [0.05, 0.1) is 17.3 Å². The predicted molar refractivity (Wildman–Crippen MR) is 84.0 cm³/mol. The van der Waals surface area contributed by atoms with Gasteiger partial charge in [-0.1, -0.05) is 29.8 Å². The summed E-state index contributed by atoms with van der Waals surface area (Å²) in [7, 11) is 1.64. The standard InChI is InChI=1S/C16H18ClNO3/c1-19-8-9-20-16-5-3-2-4-12(16)11-21-13-6-7-14(17)15(18)10-13/h2-7,10H,8-9,11,18H2,1H3. The average molecular weight is 308 g/mol. The van der Waals surface area contributed by atoms with Crippen molar-refractivity contribution < 1.29 is 14.2 Å². The number of hydrogen-bond acceptors (Lipinski definition) is 4. The molecule has 0 saturated carbocycles. The molecule has 5 heteroatoms. The van der Waals surface area contributed by atoms with E-state index in [0.717, 1.165) is 11.3 Å². The second-order valence-corrected chi connectivity index (χ2v) is 4.83. The largest absolute Gasteiger partial charge is 0.491 e. The molecule has 0 fully saturated rings. The SMILES string of the molecule is COCCOc1ccccc1COc1ccc(Cl)c(N)c1. The lowest BCUT2D eigenvalue weighted by atomic mass is 10.2. The van der Waals surface area contributed by atoms with Gasteiger partial charge < -0.3 is 19.9 Å². The van der Waals surface area contributed by atoms with Crippen molar-refractivity contribution in [1.82, 2.24) is 0 Å². The van der Waals surface area contributed by atoms with Crippen LogP contribution < -0.4 is 15.2 Å². The van der Waals surface area contributed by atoms with Crippen LogP contribution in [-0.2, 0) is 11.3 Å². The van der Waals surface area contributed by atoms with Crippen LogP contribution in [0.4, 0.5) is 5.69 Å². The molecule has 0 aliphatic carbocycles. The lowest BCUT2D eigenvalue weighted by Crippen LogP contribution is -2.07. The summed E-state index contributed by atoms with van der Waals surface area (Å²) in [6, 6.07) is 12.9. The summed E-state index contributed by atoms with van der Waals surface area (Å²) >= 11 is 5.88. The van der Waals surface area contributed by atoms with Crippen molar-refractivity contribution in [3.8, 4) is 11.5 Å². The molecule has 0 radical (unpaired) electrons. The smallest absolute Gasteiger partial charge is 0.126 e. The fourth-order valence-corrected chi connectivity index (χ4v) is 1.89. The molecule has 0 atom stereocenters. The zero-order valence-corrected chi connectivity index (χ0v) is 12.6. The number of anilines is 1. The van der Waals surface area contributed by atoms with Crippen molar-refractivity contribution in [1.29, 1.82) is 0 Å². The van der Waals surface area contributed by atoms with Gasteiger partial charge in [0.2, 0.25) is 0 Å². The molecule has 112 valence electrons. The van der Waals surface area contributed by atoms with Gasteiger partial charge in [-0.3, -0.25) is 0 Å². The maximum Gasteiger partial charge on any atom is 0.126 e. The van der Waals surface area contributed by atoms with Crippen LogP contribution in [0.2, 0.25) is 5.02 Å². The van der Waals surface area contributed by atoms with Gasteiger partial charge in [-0.15, -0.1) is 0 Å². The third kappa shape index (κ3) is 4.55. The number of ether oxygens (including phenoxy) is 3. The summed E-state index contributed by atoms with van der Waals surface area (Å²) in [4.78, 5) is 0. The Morgan fingerprint density at radius 2 is 1.86 bits per heavy atom. The van der Waals surface area contributed by atoms with Crippen LogP contribution in [0.15, 0.2) is 42.5 Å². The molecule has 21 heavy (non-hydrogen) atoms. The minimum absolute atomic E-state index is 0.393. The van der Waals surface area contributed by atoms with Crippen LogP contribution in [0.1, 0.15) is 5.56 Å². The van der Waals surface area contributed by atoms with Crippen LogP contribution >= 0.6 is 11.6 Å². The highest BCUT2D eigenvalue weighted by Gasteiger charge is 2.05. The first-order valence-corrected chi connectivity index (χ1v) is 6.96. The monoisotopic (exact) mass is 307 g/mol. The molecule has 2 aromatic carbocycles. The molecule has 2 rings (SSSR count). The van der Waals surface area contributed by atoms with Crippen molar-refractivity contribution in [2.75, 3.05) is 26.1 Å². The molecule has 4 nitrogen and oxygen atoms in total. The van der Waals surface area contributed by atoms with E-state index in [1.54, 1.807) is 25.3 Å². The van der Waals surface area contributed by atoms with Crippen molar-refractivity contribution in [3.05, 3.63) is 53.1 Å². The molecule has 2 N–H and O–H groups in total. The summed E-state index contributed by atoms with van der Waals surface area (Å²) in [5.74, 6) is 1.46. The molecule has 0 amide bonds. The number of nitrogens with two attached hydrogens (primary N) is 1. The van der Waals surface area contributed by atoms with Crippen molar-refractivity contribution in [3.63, 3.8) is 0 Å². The molecule has 0 aliphatic rings. The zero-order valence-electron chi connectivity index (χ0n) is 11.8. The summed E-state index contributed by atoms with van der Waals surface area (Å²) < 4.78 is 16.4. The number of para-hydroxylation sites is 1. The fraction of sp³-hybridized carbons (Fsp3) is 0.250. The topological polar surface area (TPSA) is 53.7 Å². The van der Waals surface area contributed by atoms with Gasteiger partial charge in [0.1, 0.15) is 24.7 Å². The van der Waals surface area contributed by atoms with Crippen molar-refractivity contribution in [2.45, 2.75) is 6.61 Å². The first-order valence-electron chi connectivity index (χ1n) is 6.58. The summed E-state index contributed by atoms with van der Waals surface area (Å²) in [5.41, 5.74) is 7.21. The maximum atomic E-state index is 5.88. The molecule has 0 unspecified atom stereocenters. The van der Waals surface area contributed by atoms with Gasteiger partial charge in [0, 0.05) is 18.7 Å². The number of hydrogen-bond donors (Lipinski definition) is 1. The van der Waals surface area contributed by atoms with Crippen LogP contribution in [0, 0.1) is 0 Å². The van der Waals surface area contributed by atoms with Gasteiger partial charge in [-0.25, -0.2) is 0 Å². The number of rotatable bonds is 7. The first-order chi connectivity index (χ1) is 10.2. The lowest BCUT2D eigenvalue weighted by molar-refractivity contribution is 0.144. The first kappa shape index (κ1) is 15.5. The Labute approximate surface area is 129 Å². The van der Waals surface area contributed by atoms with E-state index in [0.29, 0.717) is 36.3 Å². The Morgan fingerprint density at radius 1 is 1.05 bits per heavy atom. The molecule has 0 spiro atoms. The minimum atomic E-state index is 0.393. The highest BCUT2D eigenvalue weighted by Crippen LogP contribution is 2.26. The van der Waals surface area contributed by atoms with E-state index in [1.165, 1.54) is 0 Å². The normalized spacial score (nSPS) is 10.4. The highest BCUT2D eigenvalue weighted by molar-refractivity contribution is 6.33. The number of methoxy groups -OCH3 is 1. The van der Waals surface area contributed by atoms with E-state index in [1.807, 2.05) is 24.3 Å². The average Bonchev–Trinajstić information content (AvgIpc) is 2.50. The molecule has 0 saturated heterocycles. The Balaban J connectivity index is 2.00. The Hall–Kier alpha value is -1.91. The summed E-state index contributed by atoms with van der Waals surface area (Å²) in [5, 5.41) is 0.519. The molecule has 0 aliphatic heterocycles. The third-order valence-electron chi connectivity index (χ3n) is 2.88. The van der Waals surface area contributed by atoms with Crippen molar-refractivity contribution in [2.24, 2.45) is 0 Å². The third-order valence-corrected chi connectivity index (χ3v) is 3.22. The van der Waals surface area contributed by atoms with E-state index in [-0.39, 0.29) is 0 Å². The fourth-order valence-electron chi connectivity index (χ4n) is 1.77. The van der Waals surface area contributed by atoms with E-state index in [4.69, 9.17) is 31.5 Å². The number of benzene rings is 2. The maximum absolute atomic E-state index is 5.88. The van der Waals surface area contributed by atoms with Gasteiger partial charge in [0.15, 0.2) is 0 Å². The van der Waals surface area contributed by atoms with Gasteiger partial charge >= 0.3 is 0 Å². The quantitative estimate of drug-likeness (QED) is 0.628. The van der Waals surface area contributed by atoms with Gasteiger partial charge in [-0.05, 0) is 18.2 Å². The molecular weight excluding hydrogens is 290 g/mol. The second-order valence-electron chi connectivity index (χ2n) is 4.42. The van der Waals surface area contributed by atoms with Gasteiger partial charge in [0.25, 0.3) is 0 Å². The van der Waals surface area contributed by atoms with E-state index >= 15 is 0 Å². The van der Waals surface area contributed by atoms with Crippen LogP contribution in [0.5, 0.6) is 11.5 Å². The lowest BCUT2D eigenvalue weighted by Gasteiger charge is -2.12. The van der Waals surface area contributed by atoms with E-state index in [2.05, 4.69) is 0 Å². The highest BCUT2D eigenvalue weighted by atomic mass is 35.5. The van der Waals surface area contributed by atoms with E-state index in [9.17, 15) is 0 Å². The van der Waals surface area contributed by atoms with Crippen molar-refractivity contribution >= 4 is 17.3 Å². The molecular formula is C16H18ClNO3. The Bertz CT molecular complexity index is 589. The Kier molecular flexibility index (Phi) is 5.72. The number of nitrogen functional groups attached to an aromatic ring is 1. The van der Waals surface area contributed by atoms with Crippen LogP contribution in [0.25, 0.3) is 0 Å². The number of halogens is 1. The predicted octanol–water partition coefficient (Wildman–Crippen LogP) is 3.53. The van der Waals surface area contributed by atoms with Gasteiger partial charge in [-0.2, -0.15) is 0 Å². The van der Waals surface area contributed by atoms with Crippen LogP contribution in [-0.4, -0.2) is 20.3 Å². The Morgan fingerprint density at radius 3 is 2.62 bits per heavy atom. The minimum Gasteiger partial charge on any atom is -0.491 e. The van der Waals surface area contributed by atoms with Crippen LogP contribution in [0.3, 0.4) is 0 Å². The van der Waals surface area contributed by atoms with E-state index < -0.39 is 0 Å². The zero-order chi connectivity index (χ0) is 15.1. The molecule has 0 aromatic heterocycles. The molecule has 0 heterocycles. The molecule has 0 bridgehead atoms. The summed E-state index contributed by atoms with van der Waals surface area (Å²) in [6.45, 7) is 1.44. The molecule has 2 aromatic rings.